The van der Waals surface area contributed by atoms with Gasteiger partial charge in [0.25, 0.3) is 10.0 Å². The van der Waals surface area contributed by atoms with Gasteiger partial charge in [0.1, 0.15) is 22.1 Å². The normalized spacial score (nSPS) is 15.7. The fourth-order valence-corrected chi connectivity index (χ4v) is 5.50. The van der Waals surface area contributed by atoms with Gasteiger partial charge in [0.2, 0.25) is 5.91 Å². The molecule has 1 aliphatic heterocycles. The van der Waals surface area contributed by atoms with E-state index in [4.69, 9.17) is 4.74 Å². The third kappa shape index (κ3) is 4.15. The van der Waals surface area contributed by atoms with Crippen LogP contribution in [0, 0.1) is 5.41 Å². The molecule has 0 atom stereocenters. The third-order valence-electron chi connectivity index (χ3n) is 4.65. The van der Waals surface area contributed by atoms with Crippen molar-refractivity contribution in [2.45, 2.75) is 32.1 Å². The SMILES string of the molecule is CCCN1C(=O)C(C)(C)COc2cc(NS(=O)(=O)c3ccsc3C(=O)OC)ccc21. The van der Waals surface area contributed by atoms with Crippen molar-refractivity contribution in [1.82, 2.24) is 0 Å². The first kappa shape index (κ1) is 22.1. The van der Waals surface area contributed by atoms with Crippen LogP contribution in [0.4, 0.5) is 11.4 Å². The lowest BCUT2D eigenvalue weighted by Gasteiger charge is -2.27. The Hall–Kier alpha value is -2.59. The van der Waals surface area contributed by atoms with E-state index in [0.717, 1.165) is 17.8 Å². The molecule has 1 aliphatic rings. The second-order valence-electron chi connectivity index (χ2n) is 7.52. The molecular weight excluding hydrogens is 428 g/mol. The van der Waals surface area contributed by atoms with E-state index in [9.17, 15) is 18.0 Å². The minimum Gasteiger partial charge on any atom is -0.490 e. The summed E-state index contributed by atoms with van der Waals surface area (Å²) >= 11 is 0.988. The summed E-state index contributed by atoms with van der Waals surface area (Å²) < 4.78 is 38.7. The van der Waals surface area contributed by atoms with Gasteiger partial charge in [-0.25, -0.2) is 13.2 Å². The van der Waals surface area contributed by atoms with Gasteiger partial charge in [-0.05, 0) is 43.8 Å². The number of sulfonamides is 1. The van der Waals surface area contributed by atoms with E-state index in [0.29, 0.717) is 18.0 Å². The number of anilines is 2. The predicted octanol–water partition coefficient (Wildman–Crippen LogP) is 3.50. The van der Waals surface area contributed by atoms with Crippen LogP contribution in [0.2, 0.25) is 0 Å². The number of nitrogens with zero attached hydrogens (tertiary/aromatic N) is 1. The van der Waals surface area contributed by atoms with Crippen molar-refractivity contribution < 1.29 is 27.5 Å². The molecule has 0 saturated carbocycles. The number of nitrogens with one attached hydrogen (secondary N) is 1. The van der Waals surface area contributed by atoms with Gasteiger partial charge in [-0.15, -0.1) is 11.3 Å². The molecule has 2 heterocycles. The van der Waals surface area contributed by atoms with E-state index < -0.39 is 21.4 Å². The van der Waals surface area contributed by atoms with Crippen LogP contribution < -0.4 is 14.4 Å². The maximum Gasteiger partial charge on any atom is 0.349 e. The summed E-state index contributed by atoms with van der Waals surface area (Å²) in [7, 11) is -2.83. The number of rotatable bonds is 6. The summed E-state index contributed by atoms with van der Waals surface area (Å²) in [6.45, 7) is 6.32. The van der Waals surface area contributed by atoms with Crippen molar-refractivity contribution in [2.24, 2.45) is 5.41 Å². The molecule has 0 radical (unpaired) electrons. The van der Waals surface area contributed by atoms with Gasteiger partial charge in [-0.1, -0.05) is 6.92 Å². The summed E-state index contributed by atoms with van der Waals surface area (Å²) in [4.78, 5) is 26.3. The Morgan fingerprint density at radius 3 is 2.73 bits per heavy atom. The molecule has 0 fully saturated rings. The van der Waals surface area contributed by atoms with Crippen LogP contribution in [0.3, 0.4) is 0 Å². The molecule has 1 aromatic carbocycles. The summed E-state index contributed by atoms with van der Waals surface area (Å²) in [6, 6.07) is 6.13. The number of benzene rings is 1. The lowest BCUT2D eigenvalue weighted by Crippen LogP contribution is -2.42. The first-order valence-corrected chi connectivity index (χ1v) is 11.7. The average Bonchev–Trinajstić information content (AvgIpc) is 3.17. The molecule has 8 nitrogen and oxygen atoms in total. The van der Waals surface area contributed by atoms with Crippen molar-refractivity contribution in [3.63, 3.8) is 0 Å². The Balaban J connectivity index is 1.96. The van der Waals surface area contributed by atoms with Crippen LogP contribution in [0.5, 0.6) is 5.75 Å². The lowest BCUT2D eigenvalue weighted by molar-refractivity contribution is -0.127. The van der Waals surface area contributed by atoms with Crippen LogP contribution in [0.1, 0.15) is 36.9 Å². The van der Waals surface area contributed by atoms with E-state index in [1.165, 1.54) is 18.6 Å². The van der Waals surface area contributed by atoms with Gasteiger partial charge in [0.15, 0.2) is 0 Å². The molecular formula is C20H24N2O6S2. The van der Waals surface area contributed by atoms with Gasteiger partial charge >= 0.3 is 5.97 Å². The van der Waals surface area contributed by atoms with E-state index >= 15 is 0 Å². The highest BCUT2D eigenvalue weighted by molar-refractivity contribution is 7.93. The Labute approximate surface area is 179 Å². The molecule has 0 spiro atoms. The molecule has 30 heavy (non-hydrogen) atoms. The maximum atomic E-state index is 12.9. The smallest absolute Gasteiger partial charge is 0.349 e. The van der Waals surface area contributed by atoms with Crippen LogP contribution in [0.25, 0.3) is 0 Å². The van der Waals surface area contributed by atoms with Crippen LogP contribution >= 0.6 is 11.3 Å². The molecule has 0 unspecified atom stereocenters. The number of thiophene rings is 1. The Bertz CT molecular complexity index is 1070. The van der Waals surface area contributed by atoms with Gasteiger partial charge < -0.3 is 14.4 Å². The number of ether oxygens (including phenoxy) is 2. The molecule has 1 aromatic heterocycles. The highest BCUT2D eigenvalue weighted by Crippen LogP contribution is 2.38. The third-order valence-corrected chi connectivity index (χ3v) is 7.10. The van der Waals surface area contributed by atoms with E-state index in [1.54, 1.807) is 23.1 Å². The number of methoxy groups -OCH3 is 1. The van der Waals surface area contributed by atoms with Crippen molar-refractivity contribution in [3.05, 3.63) is 34.5 Å². The van der Waals surface area contributed by atoms with Crippen molar-refractivity contribution in [3.8, 4) is 5.75 Å². The summed E-state index contributed by atoms with van der Waals surface area (Å²) in [5.74, 6) is -0.343. The molecule has 2 aromatic rings. The highest BCUT2D eigenvalue weighted by Gasteiger charge is 2.37. The fraction of sp³-hybridized carbons (Fsp3) is 0.400. The number of carbonyl (C=O) groups excluding carboxylic acids is 2. The summed E-state index contributed by atoms with van der Waals surface area (Å²) in [5.41, 5.74) is 0.153. The molecule has 162 valence electrons. The minimum absolute atomic E-state index is 0.00234. The number of amides is 1. The zero-order chi connectivity index (χ0) is 22.1. The standard InChI is InChI=1S/C20H24N2O6S2/c1-5-9-22-14-7-6-13(11-15(14)28-12-20(2,3)19(22)24)21-30(25,26)16-8-10-29-17(16)18(23)27-4/h6-8,10-11,21H,5,9,12H2,1-4H3. The maximum absolute atomic E-state index is 12.9. The van der Waals surface area contributed by atoms with Gasteiger partial charge in [0, 0.05) is 12.6 Å². The predicted molar refractivity (Wildman–Crippen MR) is 115 cm³/mol. The average molecular weight is 453 g/mol. The zero-order valence-electron chi connectivity index (χ0n) is 17.2. The zero-order valence-corrected chi connectivity index (χ0v) is 18.9. The Morgan fingerprint density at radius 1 is 1.33 bits per heavy atom. The van der Waals surface area contributed by atoms with E-state index in [2.05, 4.69) is 9.46 Å². The lowest BCUT2D eigenvalue weighted by atomic mass is 9.93. The molecule has 0 saturated heterocycles. The summed E-state index contributed by atoms with van der Waals surface area (Å²) in [6.07, 6.45) is 0.768. The number of esters is 1. The van der Waals surface area contributed by atoms with Crippen molar-refractivity contribution in [2.75, 3.05) is 29.9 Å². The molecule has 0 aliphatic carbocycles. The molecule has 1 N–H and O–H groups in total. The summed E-state index contributed by atoms with van der Waals surface area (Å²) in [5, 5.41) is 1.51. The minimum atomic E-state index is -4.03. The van der Waals surface area contributed by atoms with Crippen molar-refractivity contribution in [1.29, 1.82) is 0 Å². The second kappa shape index (κ2) is 8.27. The second-order valence-corrected chi connectivity index (χ2v) is 10.1. The number of carbonyl (C=O) groups is 2. The first-order chi connectivity index (χ1) is 14.1. The van der Waals surface area contributed by atoms with Gasteiger partial charge in [-0.2, -0.15) is 0 Å². The van der Waals surface area contributed by atoms with Crippen molar-refractivity contribution >= 4 is 44.6 Å². The van der Waals surface area contributed by atoms with Gasteiger partial charge in [-0.3, -0.25) is 9.52 Å². The molecule has 0 bridgehead atoms. The van der Waals surface area contributed by atoms with Gasteiger partial charge in [0.05, 0.1) is 23.9 Å². The molecule has 10 heteroatoms. The van der Waals surface area contributed by atoms with E-state index in [1.807, 2.05) is 20.8 Å². The highest BCUT2D eigenvalue weighted by atomic mass is 32.2. The van der Waals surface area contributed by atoms with Crippen LogP contribution in [-0.4, -0.2) is 40.6 Å². The monoisotopic (exact) mass is 452 g/mol. The Kier molecular flexibility index (Phi) is 6.09. The molecule has 3 rings (SSSR count). The first-order valence-electron chi connectivity index (χ1n) is 9.38. The quantitative estimate of drug-likeness (QED) is 0.673. The number of hydrogen-bond donors (Lipinski definition) is 1. The topological polar surface area (TPSA) is 102 Å². The largest absolute Gasteiger partial charge is 0.490 e. The van der Waals surface area contributed by atoms with Crippen LogP contribution in [-0.2, 0) is 19.6 Å². The number of fused-ring (bicyclic) bond motifs is 1. The Morgan fingerprint density at radius 2 is 2.07 bits per heavy atom. The van der Waals surface area contributed by atoms with Crippen LogP contribution in [0.15, 0.2) is 34.5 Å². The molecule has 1 amide bonds. The van der Waals surface area contributed by atoms with E-state index in [-0.39, 0.29) is 28.0 Å². The fourth-order valence-electron chi connectivity index (χ4n) is 3.12. The number of hydrogen-bond acceptors (Lipinski definition) is 7.